The van der Waals surface area contributed by atoms with Gasteiger partial charge in [-0.25, -0.2) is 8.42 Å². The van der Waals surface area contributed by atoms with Gasteiger partial charge in [-0.05, 0) is 19.8 Å². The van der Waals surface area contributed by atoms with Gasteiger partial charge in [-0.2, -0.15) is 0 Å². The van der Waals surface area contributed by atoms with E-state index < -0.39 is 32.7 Å². The fourth-order valence-corrected chi connectivity index (χ4v) is 3.15. The van der Waals surface area contributed by atoms with Crippen molar-refractivity contribution in [2.24, 2.45) is 0 Å². The molecule has 106 valence electrons. The second-order valence-corrected chi connectivity index (χ2v) is 6.48. The highest BCUT2D eigenvalue weighted by molar-refractivity contribution is 7.93. The number of sulfone groups is 1. The van der Waals surface area contributed by atoms with Gasteiger partial charge >= 0.3 is 5.97 Å². The lowest BCUT2D eigenvalue weighted by molar-refractivity contribution is -0.136. The summed E-state index contributed by atoms with van der Waals surface area (Å²) in [6.45, 7) is 5.20. The van der Waals surface area contributed by atoms with Crippen LogP contribution in [-0.2, 0) is 19.4 Å². The van der Waals surface area contributed by atoms with Gasteiger partial charge in [0.15, 0.2) is 15.1 Å². The third-order valence-electron chi connectivity index (χ3n) is 2.54. The number of amides is 1. The number of hydrogen-bond acceptors (Lipinski definition) is 4. The predicted molar refractivity (Wildman–Crippen MR) is 68.0 cm³/mol. The molecule has 0 spiro atoms. The maximum absolute atomic E-state index is 11.7. The Balaban J connectivity index is 4.58. The minimum atomic E-state index is -3.94. The minimum absolute atomic E-state index is 0.0462. The maximum Gasteiger partial charge on any atom is 0.321 e. The molecule has 0 fully saturated rings. The fraction of sp³-hybridized carbons (Fsp3) is 0.818. The summed E-state index contributed by atoms with van der Waals surface area (Å²) in [6.07, 6.45) is 1.58. The molecule has 18 heavy (non-hydrogen) atoms. The number of rotatable bonds is 8. The molecule has 0 aliphatic heterocycles. The van der Waals surface area contributed by atoms with Crippen molar-refractivity contribution < 1.29 is 23.1 Å². The van der Waals surface area contributed by atoms with Crippen LogP contribution in [0.15, 0.2) is 0 Å². The standard InChI is InChI=1S/C11H21NO5S/c1-4-6-8(3)12-10(13)7-18(16,17)9(5-2)11(14)15/h8-9H,4-7H2,1-3H3,(H,12,13)(H,14,15). The van der Waals surface area contributed by atoms with E-state index in [9.17, 15) is 18.0 Å². The monoisotopic (exact) mass is 279 g/mol. The lowest BCUT2D eigenvalue weighted by Crippen LogP contribution is -2.41. The third-order valence-corrected chi connectivity index (χ3v) is 4.61. The number of carbonyl (C=O) groups excluding carboxylic acids is 1. The summed E-state index contributed by atoms with van der Waals surface area (Å²) in [5, 5.41) is 9.81. The summed E-state index contributed by atoms with van der Waals surface area (Å²) in [6, 6.07) is -0.109. The summed E-state index contributed by atoms with van der Waals surface area (Å²) in [5.74, 6) is -2.83. The van der Waals surface area contributed by atoms with Crippen molar-refractivity contribution in [3.05, 3.63) is 0 Å². The molecule has 1 amide bonds. The number of carbonyl (C=O) groups is 2. The molecule has 0 saturated heterocycles. The molecule has 0 saturated carbocycles. The van der Waals surface area contributed by atoms with Crippen LogP contribution in [0.2, 0.25) is 0 Å². The maximum atomic E-state index is 11.7. The van der Waals surface area contributed by atoms with Gasteiger partial charge in [0.1, 0.15) is 5.75 Å². The highest BCUT2D eigenvalue weighted by Crippen LogP contribution is 2.08. The van der Waals surface area contributed by atoms with E-state index in [-0.39, 0.29) is 12.5 Å². The van der Waals surface area contributed by atoms with Gasteiger partial charge in [0.25, 0.3) is 0 Å². The Morgan fingerprint density at radius 1 is 1.28 bits per heavy atom. The van der Waals surface area contributed by atoms with Gasteiger partial charge in [0, 0.05) is 6.04 Å². The predicted octanol–water partition coefficient (Wildman–Crippen LogP) is 0.569. The lowest BCUT2D eigenvalue weighted by atomic mass is 10.2. The van der Waals surface area contributed by atoms with E-state index in [1.807, 2.05) is 6.92 Å². The molecule has 0 aromatic rings. The van der Waals surface area contributed by atoms with Gasteiger partial charge in [0.05, 0.1) is 0 Å². The summed E-state index contributed by atoms with van der Waals surface area (Å²) >= 11 is 0. The Morgan fingerprint density at radius 3 is 2.22 bits per heavy atom. The van der Waals surface area contributed by atoms with Gasteiger partial charge in [0.2, 0.25) is 5.91 Å². The highest BCUT2D eigenvalue weighted by Gasteiger charge is 2.32. The molecule has 6 nitrogen and oxygen atoms in total. The van der Waals surface area contributed by atoms with Crippen LogP contribution in [0.4, 0.5) is 0 Å². The third kappa shape index (κ3) is 5.48. The second-order valence-electron chi connectivity index (χ2n) is 4.30. The Morgan fingerprint density at radius 2 is 1.83 bits per heavy atom. The van der Waals surface area contributed by atoms with Gasteiger partial charge in [-0.15, -0.1) is 0 Å². The molecule has 0 heterocycles. The van der Waals surface area contributed by atoms with Crippen molar-refractivity contribution in [1.82, 2.24) is 5.32 Å². The first-order chi connectivity index (χ1) is 8.24. The summed E-state index contributed by atoms with van der Waals surface area (Å²) in [4.78, 5) is 22.3. The number of nitrogens with one attached hydrogen (secondary N) is 1. The van der Waals surface area contributed by atoms with Gasteiger partial charge < -0.3 is 10.4 Å². The molecule has 0 bridgehead atoms. The van der Waals surface area contributed by atoms with Crippen LogP contribution in [0.3, 0.4) is 0 Å². The fourth-order valence-electron chi connectivity index (χ4n) is 1.69. The van der Waals surface area contributed by atoms with E-state index >= 15 is 0 Å². The molecule has 7 heteroatoms. The molecule has 0 aromatic heterocycles. The Labute approximate surface area is 108 Å². The average molecular weight is 279 g/mol. The molecule has 0 rings (SSSR count). The van der Waals surface area contributed by atoms with Crippen LogP contribution in [0, 0.1) is 0 Å². The first-order valence-electron chi connectivity index (χ1n) is 5.98. The highest BCUT2D eigenvalue weighted by atomic mass is 32.2. The zero-order chi connectivity index (χ0) is 14.3. The van der Waals surface area contributed by atoms with Crippen LogP contribution in [0.1, 0.15) is 40.0 Å². The van der Waals surface area contributed by atoms with Crippen LogP contribution in [0.5, 0.6) is 0 Å². The van der Waals surface area contributed by atoms with Crippen molar-refractivity contribution in [2.45, 2.75) is 51.3 Å². The lowest BCUT2D eigenvalue weighted by Gasteiger charge is -2.14. The normalized spacial score (nSPS) is 14.8. The van der Waals surface area contributed by atoms with Crippen LogP contribution < -0.4 is 5.32 Å². The van der Waals surface area contributed by atoms with E-state index in [2.05, 4.69) is 5.32 Å². The Bertz CT molecular complexity index is 390. The van der Waals surface area contributed by atoms with E-state index in [1.165, 1.54) is 6.92 Å². The van der Waals surface area contributed by atoms with Crippen molar-refractivity contribution in [1.29, 1.82) is 0 Å². The number of aliphatic carboxylic acids is 1. The summed E-state index contributed by atoms with van der Waals surface area (Å²) < 4.78 is 23.4. The quantitative estimate of drug-likeness (QED) is 0.676. The molecular weight excluding hydrogens is 258 g/mol. The molecule has 2 atom stereocenters. The smallest absolute Gasteiger partial charge is 0.321 e. The van der Waals surface area contributed by atoms with Crippen molar-refractivity contribution in [2.75, 3.05) is 5.75 Å². The molecule has 0 aromatic carbocycles. The Hall–Kier alpha value is -1.11. The SMILES string of the molecule is CCCC(C)NC(=O)CS(=O)(=O)C(CC)C(=O)O. The van der Waals surface area contributed by atoms with E-state index in [4.69, 9.17) is 5.11 Å². The van der Waals surface area contributed by atoms with Crippen LogP contribution in [0.25, 0.3) is 0 Å². The summed E-state index contributed by atoms with van der Waals surface area (Å²) in [7, 11) is -3.94. The summed E-state index contributed by atoms with van der Waals surface area (Å²) in [5.41, 5.74) is 0. The van der Waals surface area contributed by atoms with E-state index in [0.717, 1.165) is 12.8 Å². The van der Waals surface area contributed by atoms with Gasteiger partial charge in [-0.3, -0.25) is 9.59 Å². The zero-order valence-corrected chi connectivity index (χ0v) is 11.8. The van der Waals surface area contributed by atoms with E-state index in [0.29, 0.717) is 0 Å². The molecule has 0 radical (unpaired) electrons. The van der Waals surface area contributed by atoms with E-state index in [1.54, 1.807) is 6.92 Å². The topological polar surface area (TPSA) is 101 Å². The zero-order valence-electron chi connectivity index (χ0n) is 11.0. The second kappa shape index (κ2) is 7.35. The van der Waals surface area contributed by atoms with Crippen molar-refractivity contribution in [3.63, 3.8) is 0 Å². The largest absolute Gasteiger partial charge is 0.480 e. The minimum Gasteiger partial charge on any atom is -0.480 e. The number of carboxylic acid groups (broad SMARTS) is 1. The van der Waals surface area contributed by atoms with Crippen molar-refractivity contribution in [3.8, 4) is 0 Å². The first-order valence-corrected chi connectivity index (χ1v) is 7.69. The first kappa shape index (κ1) is 16.9. The number of hydrogen-bond donors (Lipinski definition) is 2. The van der Waals surface area contributed by atoms with Crippen LogP contribution >= 0.6 is 0 Å². The Kier molecular flexibility index (Phi) is 6.90. The number of carboxylic acids is 1. The van der Waals surface area contributed by atoms with Crippen molar-refractivity contribution >= 4 is 21.7 Å². The molecule has 0 aliphatic carbocycles. The van der Waals surface area contributed by atoms with Gasteiger partial charge in [-0.1, -0.05) is 20.3 Å². The molecule has 2 unspecified atom stereocenters. The molecule has 0 aliphatic rings. The molecular formula is C11H21NO5S. The molecule has 2 N–H and O–H groups in total. The average Bonchev–Trinajstić information content (AvgIpc) is 2.15. The van der Waals surface area contributed by atoms with Crippen LogP contribution in [-0.4, -0.2) is 42.4 Å².